The molecule has 4 rings (SSSR count). The van der Waals surface area contributed by atoms with Gasteiger partial charge in [-0.3, -0.25) is 9.80 Å². The first-order valence-corrected chi connectivity index (χ1v) is 11.2. The van der Waals surface area contributed by atoms with E-state index in [1.807, 2.05) is 24.3 Å². The molecule has 1 heterocycles. The Morgan fingerprint density at radius 2 is 1.28 bits per heavy atom. The van der Waals surface area contributed by atoms with E-state index in [0.29, 0.717) is 18.0 Å². The van der Waals surface area contributed by atoms with Gasteiger partial charge in [0.1, 0.15) is 12.7 Å². The molecule has 1 fully saturated rings. The predicted octanol–water partition coefficient (Wildman–Crippen LogP) is 3.84. The van der Waals surface area contributed by atoms with Crippen LogP contribution in [0.3, 0.4) is 0 Å². The van der Waals surface area contributed by atoms with E-state index in [2.05, 4.69) is 70.5 Å². The molecule has 1 atom stereocenters. The number of benzene rings is 3. The normalized spacial score (nSPS) is 16.1. The first-order chi connectivity index (χ1) is 15.7. The number of nitrogens with zero attached hydrogens (tertiary/aromatic N) is 2. The minimum absolute atomic E-state index is 0.247. The van der Waals surface area contributed by atoms with Gasteiger partial charge in [0.15, 0.2) is 11.5 Å². The summed E-state index contributed by atoms with van der Waals surface area (Å²) in [5, 5.41) is 10.5. The Morgan fingerprint density at radius 3 is 1.84 bits per heavy atom. The topological polar surface area (TPSA) is 45.2 Å². The van der Waals surface area contributed by atoms with E-state index in [-0.39, 0.29) is 12.6 Å². The van der Waals surface area contributed by atoms with Crippen LogP contribution in [0.5, 0.6) is 11.5 Å². The van der Waals surface area contributed by atoms with Gasteiger partial charge in [-0.15, -0.1) is 0 Å². The van der Waals surface area contributed by atoms with Crippen molar-refractivity contribution >= 4 is 0 Å². The number of piperazine rings is 1. The van der Waals surface area contributed by atoms with Gasteiger partial charge in [-0.1, -0.05) is 72.8 Å². The van der Waals surface area contributed by atoms with Crippen LogP contribution in [0.15, 0.2) is 84.9 Å². The summed E-state index contributed by atoms with van der Waals surface area (Å²) in [6.07, 6.45) is -0.550. The van der Waals surface area contributed by atoms with Gasteiger partial charge >= 0.3 is 0 Å². The van der Waals surface area contributed by atoms with Crippen LogP contribution in [-0.2, 0) is 0 Å². The van der Waals surface area contributed by atoms with Crippen LogP contribution in [0.2, 0.25) is 0 Å². The summed E-state index contributed by atoms with van der Waals surface area (Å²) >= 11 is 0. The van der Waals surface area contributed by atoms with Crippen molar-refractivity contribution in [3.05, 3.63) is 96.1 Å². The maximum Gasteiger partial charge on any atom is 0.161 e. The molecule has 1 aliphatic heterocycles. The molecule has 1 saturated heterocycles. The molecule has 0 bridgehead atoms. The standard InChI is InChI=1S/C27H32N2O3/c1-31-25-14-8-9-15-26(25)32-21-24(30)20-28-16-18-29(19-17-28)27(22-10-4-2-5-11-22)23-12-6-3-7-13-23/h2-15,24,27,30H,16-21H2,1H3/t24-/m0/s1. The minimum Gasteiger partial charge on any atom is -0.493 e. The zero-order valence-corrected chi connectivity index (χ0v) is 18.6. The summed E-state index contributed by atoms with van der Waals surface area (Å²) in [5.74, 6) is 1.34. The van der Waals surface area contributed by atoms with Crippen LogP contribution >= 0.6 is 0 Å². The number of methoxy groups -OCH3 is 1. The van der Waals surface area contributed by atoms with E-state index in [1.54, 1.807) is 7.11 Å². The second-order valence-electron chi connectivity index (χ2n) is 8.18. The summed E-state index contributed by atoms with van der Waals surface area (Å²) in [5.41, 5.74) is 2.63. The van der Waals surface area contributed by atoms with Gasteiger partial charge in [-0.05, 0) is 23.3 Å². The van der Waals surface area contributed by atoms with Crippen molar-refractivity contribution in [1.29, 1.82) is 0 Å². The zero-order valence-electron chi connectivity index (χ0n) is 18.6. The highest BCUT2D eigenvalue weighted by Gasteiger charge is 2.27. The van der Waals surface area contributed by atoms with E-state index in [0.717, 1.165) is 26.2 Å². The lowest BCUT2D eigenvalue weighted by Crippen LogP contribution is -2.50. The quantitative estimate of drug-likeness (QED) is 0.557. The molecule has 1 aliphatic rings. The first-order valence-electron chi connectivity index (χ1n) is 11.2. The van der Waals surface area contributed by atoms with E-state index in [4.69, 9.17) is 9.47 Å². The second-order valence-corrected chi connectivity index (χ2v) is 8.18. The Kier molecular flexibility index (Phi) is 7.77. The molecule has 3 aromatic rings. The lowest BCUT2D eigenvalue weighted by molar-refractivity contribution is 0.0395. The number of para-hydroxylation sites is 2. The summed E-state index contributed by atoms with van der Waals surface area (Å²) in [7, 11) is 1.62. The van der Waals surface area contributed by atoms with Crippen LogP contribution in [0.1, 0.15) is 17.2 Å². The maximum atomic E-state index is 10.5. The fourth-order valence-corrected chi connectivity index (χ4v) is 4.36. The molecular weight excluding hydrogens is 400 g/mol. The molecule has 0 saturated carbocycles. The molecule has 3 aromatic carbocycles. The summed E-state index contributed by atoms with van der Waals surface area (Å²) < 4.78 is 11.1. The number of aliphatic hydroxyl groups excluding tert-OH is 1. The van der Waals surface area contributed by atoms with Gasteiger partial charge < -0.3 is 14.6 Å². The number of hydrogen-bond acceptors (Lipinski definition) is 5. The molecule has 1 N–H and O–H groups in total. The molecule has 5 heteroatoms. The van der Waals surface area contributed by atoms with Gasteiger partial charge in [0.2, 0.25) is 0 Å². The number of aliphatic hydroxyl groups is 1. The first kappa shape index (κ1) is 22.3. The summed E-state index contributed by atoms with van der Waals surface area (Å²) in [4.78, 5) is 4.86. The van der Waals surface area contributed by atoms with Gasteiger partial charge in [-0.2, -0.15) is 0 Å². The highest BCUT2D eigenvalue weighted by atomic mass is 16.5. The summed E-state index contributed by atoms with van der Waals surface area (Å²) in [6, 6.07) is 29.2. The Bertz CT molecular complexity index is 904. The average Bonchev–Trinajstić information content (AvgIpc) is 2.85. The fraction of sp³-hybridized carbons (Fsp3) is 0.333. The highest BCUT2D eigenvalue weighted by Crippen LogP contribution is 2.29. The van der Waals surface area contributed by atoms with E-state index in [1.165, 1.54) is 11.1 Å². The molecule has 32 heavy (non-hydrogen) atoms. The zero-order chi connectivity index (χ0) is 22.2. The van der Waals surface area contributed by atoms with Gasteiger partial charge in [0, 0.05) is 32.7 Å². The molecule has 0 spiro atoms. The Hall–Kier alpha value is -2.86. The van der Waals surface area contributed by atoms with Crippen molar-refractivity contribution in [3.8, 4) is 11.5 Å². The van der Waals surface area contributed by atoms with Crippen molar-refractivity contribution in [2.45, 2.75) is 12.1 Å². The lowest BCUT2D eigenvalue weighted by atomic mass is 9.96. The molecule has 0 amide bonds. The third-order valence-corrected chi connectivity index (χ3v) is 5.97. The molecule has 168 valence electrons. The van der Waals surface area contributed by atoms with Crippen LogP contribution < -0.4 is 9.47 Å². The fourth-order valence-electron chi connectivity index (χ4n) is 4.36. The van der Waals surface area contributed by atoms with Gasteiger partial charge in [0.25, 0.3) is 0 Å². The number of ether oxygens (including phenoxy) is 2. The van der Waals surface area contributed by atoms with Crippen LogP contribution in [-0.4, -0.2) is 67.5 Å². The summed E-state index contributed by atoms with van der Waals surface area (Å²) in [6.45, 7) is 4.59. The molecule has 5 nitrogen and oxygen atoms in total. The Morgan fingerprint density at radius 1 is 0.750 bits per heavy atom. The lowest BCUT2D eigenvalue weighted by Gasteiger charge is -2.40. The van der Waals surface area contributed by atoms with Gasteiger partial charge in [-0.25, -0.2) is 0 Å². The van der Waals surface area contributed by atoms with Crippen molar-refractivity contribution in [3.63, 3.8) is 0 Å². The highest BCUT2D eigenvalue weighted by molar-refractivity contribution is 5.39. The van der Waals surface area contributed by atoms with Gasteiger partial charge in [0.05, 0.1) is 13.2 Å². The molecular formula is C27H32N2O3. The van der Waals surface area contributed by atoms with Crippen molar-refractivity contribution < 1.29 is 14.6 Å². The SMILES string of the molecule is COc1ccccc1OC[C@@H](O)CN1CCN(C(c2ccccc2)c2ccccc2)CC1. The van der Waals surface area contributed by atoms with Crippen LogP contribution in [0.4, 0.5) is 0 Å². The molecule has 0 radical (unpaired) electrons. The Balaban J connectivity index is 1.32. The minimum atomic E-state index is -0.550. The third kappa shape index (κ3) is 5.68. The Labute approximate surface area is 190 Å². The second kappa shape index (κ2) is 11.1. The van der Waals surface area contributed by atoms with Crippen LogP contribution in [0, 0.1) is 0 Å². The van der Waals surface area contributed by atoms with Crippen molar-refractivity contribution in [1.82, 2.24) is 9.80 Å². The number of rotatable bonds is 9. The van der Waals surface area contributed by atoms with E-state index < -0.39 is 6.10 Å². The number of hydrogen-bond donors (Lipinski definition) is 1. The van der Waals surface area contributed by atoms with E-state index >= 15 is 0 Å². The van der Waals surface area contributed by atoms with E-state index in [9.17, 15) is 5.11 Å². The van der Waals surface area contributed by atoms with Crippen molar-refractivity contribution in [2.75, 3.05) is 46.4 Å². The predicted molar refractivity (Wildman–Crippen MR) is 127 cm³/mol. The maximum absolute atomic E-state index is 10.5. The monoisotopic (exact) mass is 432 g/mol. The third-order valence-electron chi connectivity index (χ3n) is 5.97. The molecule has 0 aliphatic carbocycles. The molecule has 0 aromatic heterocycles. The smallest absolute Gasteiger partial charge is 0.161 e. The molecule has 0 unspecified atom stereocenters. The average molecular weight is 433 g/mol. The van der Waals surface area contributed by atoms with Crippen LogP contribution in [0.25, 0.3) is 0 Å². The largest absolute Gasteiger partial charge is 0.493 e. The van der Waals surface area contributed by atoms with Crippen molar-refractivity contribution in [2.24, 2.45) is 0 Å². The number of β-amino-alcohol motifs (C(OH)–C–C–N with tert-alkyl or cyclic N) is 1.